The molecule has 3 N–H and O–H groups in total. The highest BCUT2D eigenvalue weighted by atomic mass is 15.3. The van der Waals surface area contributed by atoms with E-state index >= 15 is 0 Å². The van der Waals surface area contributed by atoms with Gasteiger partial charge in [-0.3, -0.25) is 4.99 Å². The molecule has 0 rings (SSSR count). The molecule has 0 amide bonds. The van der Waals surface area contributed by atoms with Crippen LogP contribution in [0.25, 0.3) is 0 Å². The van der Waals surface area contributed by atoms with Gasteiger partial charge in [-0.05, 0) is 13.8 Å². The maximum Gasteiger partial charge on any atom is 0.116 e. The maximum atomic E-state index is 5.33. The smallest absolute Gasteiger partial charge is 0.116 e. The zero-order valence-electron chi connectivity index (χ0n) is 8.10. The molecule has 0 atom stereocenters. The van der Waals surface area contributed by atoms with Gasteiger partial charge >= 0.3 is 0 Å². The molecule has 0 unspecified atom stereocenters. The molecule has 0 aliphatic heterocycles. The first kappa shape index (κ1) is 10.4. The topological polar surface area (TPSA) is 50.4 Å². The van der Waals surface area contributed by atoms with Gasteiger partial charge < -0.3 is 5.43 Å². The van der Waals surface area contributed by atoms with E-state index in [-0.39, 0.29) is 5.41 Å². The number of nitrogens with zero attached hydrogens (tertiary/aromatic N) is 1. The highest BCUT2D eigenvalue weighted by Crippen LogP contribution is 2.14. The van der Waals surface area contributed by atoms with Crippen molar-refractivity contribution in [3.63, 3.8) is 0 Å². The Morgan fingerprint density at radius 2 is 1.82 bits per heavy atom. The van der Waals surface area contributed by atoms with Gasteiger partial charge in [-0.1, -0.05) is 20.8 Å². The number of hydrogen-bond acceptors (Lipinski definition) is 2. The fourth-order valence-corrected chi connectivity index (χ4v) is 0.706. The van der Waals surface area contributed by atoms with Crippen molar-refractivity contribution in [1.29, 1.82) is 0 Å². The summed E-state index contributed by atoms with van der Waals surface area (Å²) in [6.45, 7) is 10.3. The molecule has 0 saturated carbocycles. The van der Waals surface area contributed by atoms with E-state index in [9.17, 15) is 0 Å². The van der Waals surface area contributed by atoms with Crippen LogP contribution in [0.15, 0.2) is 4.99 Å². The van der Waals surface area contributed by atoms with E-state index in [1.165, 1.54) is 0 Å². The van der Waals surface area contributed by atoms with Gasteiger partial charge in [-0.2, -0.15) is 0 Å². The molecule has 0 radical (unpaired) electrons. The number of rotatable bonds is 1. The molecule has 66 valence electrons. The molecule has 0 saturated heterocycles. The summed E-state index contributed by atoms with van der Waals surface area (Å²) in [7, 11) is 0. The Bertz CT molecular complexity index is 142. The van der Waals surface area contributed by atoms with Crippen molar-refractivity contribution in [3.05, 3.63) is 0 Å². The van der Waals surface area contributed by atoms with Crippen LogP contribution in [0, 0.1) is 5.41 Å². The molecule has 0 heterocycles. The third-order valence-corrected chi connectivity index (χ3v) is 1.23. The number of amidine groups is 1. The van der Waals surface area contributed by atoms with E-state index in [0.29, 0.717) is 6.04 Å². The van der Waals surface area contributed by atoms with Gasteiger partial charge in [0.25, 0.3) is 0 Å². The van der Waals surface area contributed by atoms with Gasteiger partial charge in [0.05, 0.1) is 0 Å². The summed E-state index contributed by atoms with van der Waals surface area (Å²) in [5.74, 6) is 6.18. The number of hydrazine groups is 1. The van der Waals surface area contributed by atoms with E-state index in [0.717, 1.165) is 5.84 Å². The van der Waals surface area contributed by atoms with Crippen molar-refractivity contribution in [2.24, 2.45) is 16.3 Å². The molecule has 0 spiro atoms. The van der Waals surface area contributed by atoms with Gasteiger partial charge in [-0.15, -0.1) is 0 Å². The minimum atomic E-state index is 0.0129. The Kier molecular flexibility index (Phi) is 3.52. The second-order valence-electron chi connectivity index (χ2n) is 3.97. The molecule has 0 aliphatic rings. The molecule has 0 aromatic heterocycles. The van der Waals surface area contributed by atoms with Crippen molar-refractivity contribution in [3.8, 4) is 0 Å². The van der Waals surface area contributed by atoms with E-state index < -0.39 is 0 Å². The fourth-order valence-electron chi connectivity index (χ4n) is 0.706. The van der Waals surface area contributed by atoms with Crippen molar-refractivity contribution in [2.45, 2.75) is 40.7 Å². The number of hydrogen-bond donors (Lipinski definition) is 2. The van der Waals surface area contributed by atoms with Gasteiger partial charge in [0.2, 0.25) is 0 Å². The van der Waals surface area contributed by atoms with Gasteiger partial charge in [0.15, 0.2) is 0 Å². The van der Waals surface area contributed by atoms with Crippen LogP contribution in [-0.2, 0) is 0 Å². The largest absolute Gasteiger partial charge is 0.312 e. The predicted molar refractivity (Wildman–Crippen MR) is 49.3 cm³/mol. The minimum Gasteiger partial charge on any atom is -0.312 e. The normalized spacial score (nSPS) is 13.9. The van der Waals surface area contributed by atoms with Crippen LogP contribution in [0.1, 0.15) is 34.6 Å². The standard InChI is InChI=1S/C8H19N3/c1-6(2)10-7(11-9)8(3,4)5/h6H,9H2,1-5H3,(H,10,11). The Hall–Kier alpha value is -0.570. The Labute approximate surface area is 69.0 Å². The van der Waals surface area contributed by atoms with Gasteiger partial charge in [0, 0.05) is 11.5 Å². The van der Waals surface area contributed by atoms with Crippen LogP contribution < -0.4 is 11.3 Å². The van der Waals surface area contributed by atoms with Crippen LogP contribution in [-0.4, -0.2) is 11.9 Å². The molecule has 3 nitrogen and oxygen atoms in total. The summed E-state index contributed by atoms with van der Waals surface area (Å²) in [6, 6.07) is 0.292. The average molecular weight is 157 g/mol. The highest BCUT2D eigenvalue weighted by molar-refractivity contribution is 5.86. The average Bonchev–Trinajstić information content (AvgIpc) is 1.79. The Morgan fingerprint density at radius 1 is 1.36 bits per heavy atom. The van der Waals surface area contributed by atoms with E-state index in [2.05, 4.69) is 31.2 Å². The number of aliphatic imine (C=N–C) groups is 1. The van der Waals surface area contributed by atoms with E-state index in [4.69, 9.17) is 5.84 Å². The van der Waals surface area contributed by atoms with Crippen molar-refractivity contribution in [2.75, 3.05) is 0 Å². The summed E-state index contributed by atoms with van der Waals surface area (Å²) in [4.78, 5) is 4.35. The summed E-state index contributed by atoms with van der Waals surface area (Å²) in [6.07, 6.45) is 0. The van der Waals surface area contributed by atoms with Gasteiger partial charge in [-0.25, -0.2) is 5.84 Å². The zero-order chi connectivity index (χ0) is 9.07. The first-order valence-electron chi connectivity index (χ1n) is 3.93. The lowest BCUT2D eigenvalue weighted by atomic mass is 9.95. The first-order valence-corrected chi connectivity index (χ1v) is 3.93. The summed E-state index contributed by atoms with van der Waals surface area (Å²) in [5.41, 5.74) is 2.64. The second kappa shape index (κ2) is 3.72. The predicted octanol–water partition coefficient (Wildman–Crippen LogP) is 1.30. The third-order valence-electron chi connectivity index (χ3n) is 1.23. The quantitative estimate of drug-likeness (QED) is 0.261. The molecule has 3 heteroatoms. The lowest BCUT2D eigenvalue weighted by Gasteiger charge is -2.21. The molecule has 0 aromatic rings. The lowest BCUT2D eigenvalue weighted by molar-refractivity contribution is 0.558. The Balaban J connectivity index is 4.41. The van der Waals surface area contributed by atoms with Crippen LogP contribution in [0.4, 0.5) is 0 Å². The highest BCUT2D eigenvalue weighted by Gasteiger charge is 2.17. The molecular formula is C8H19N3. The maximum absolute atomic E-state index is 5.33. The SMILES string of the molecule is CC(C)N=C(NN)C(C)(C)C. The molecule has 0 bridgehead atoms. The van der Waals surface area contributed by atoms with Crippen LogP contribution in [0.3, 0.4) is 0 Å². The number of nitrogens with two attached hydrogens (primary N) is 1. The van der Waals surface area contributed by atoms with Crippen molar-refractivity contribution >= 4 is 5.84 Å². The van der Waals surface area contributed by atoms with Crippen LogP contribution in [0.5, 0.6) is 0 Å². The molecular weight excluding hydrogens is 138 g/mol. The first-order chi connectivity index (χ1) is 4.88. The lowest BCUT2D eigenvalue weighted by Crippen LogP contribution is -2.40. The van der Waals surface area contributed by atoms with E-state index in [1.807, 2.05) is 13.8 Å². The van der Waals surface area contributed by atoms with Crippen molar-refractivity contribution in [1.82, 2.24) is 5.43 Å². The summed E-state index contributed by atoms with van der Waals surface area (Å²) < 4.78 is 0. The zero-order valence-corrected chi connectivity index (χ0v) is 8.10. The monoisotopic (exact) mass is 157 g/mol. The van der Waals surface area contributed by atoms with Crippen molar-refractivity contribution < 1.29 is 0 Å². The minimum absolute atomic E-state index is 0.0129. The molecule has 0 fully saturated rings. The third kappa shape index (κ3) is 3.98. The number of nitrogens with one attached hydrogen (secondary N) is 1. The van der Waals surface area contributed by atoms with Gasteiger partial charge in [0.1, 0.15) is 5.84 Å². The van der Waals surface area contributed by atoms with Crippen LogP contribution in [0.2, 0.25) is 0 Å². The summed E-state index contributed by atoms with van der Waals surface area (Å²) >= 11 is 0. The molecule has 11 heavy (non-hydrogen) atoms. The Morgan fingerprint density at radius 3 is 1.91 bits per heavy atom. The van der Waals surface area contributed by atoms with E-state index in [1.54, 1.807) is 0 Å². The molecule has 0 aromatic carbocycles. The fraction of sp³-hybridized carbons (Fsp3) is 0.875. The second-order valence-corrected chi connectivity index (χ2v) is 3.97. The summed E-state index contributed by atoms with van der Waals surface area (Å²) in [5, 5.41) is 0. The molecule has 0 aliphatic carbocycles. The van der Waals surface area contributed by atoms with Crippen LogP contribution >= 0.6 is 0 Å².